The number of esters is 3. The van der Waals surface area contributed by atoms with E-state index in [1.54, 1.807) is 0 Å². The average Bonchev–Trinajstić information content (AvgIpc) is 2.45. The van der Waals surface area contributed by atoms with Crippen molar-refractivity contribution in [3.05, 3.63) is 12.2 Å². The standard InChI is InChI=1S/C16H24O6/c1-12(2)16(19)21-10-14(17)20-11-15(18)22-13-8-6-4-3-5-7-9-13/h13H,1,3-11H2,2H3. The van der Waals surface area contributed by atoms with Gasteiger partial charge >= 0.3 is 17.9 Å². The fourth-order valence-electron chi connectivity index (χ4n) is 2.19. The van der Waals surface area contributed by atoms with E-state index in [0.717, 1.165) is 38.5 Å². The molecule has 0 saturated heterocycles. The SMILES string of the molecule is C=C(C)C(=O)OCC(=O)OCC(=O)OC1CCCCCCC1. The van der Waals surface area contributed by atoms with Gasteiger partial charge in [0.2, 0.25) is 0 Å². The summed E-state index contributed by atoms with van der Waals surface area (Å²) in [5.74, 6) is -2.02. The molecular weight excluding hydrogens is 288 g/mol. The van der Waals surface area contributed by atoms with Gasteiger partial charge in [0, 0.05) is 5.57 Å². The van der Waals surface area contributed by atoms with Crippen molar-refractivity contribution in [2.75, 3.05) is 13.2 Å². The van der Waals surface area contributed by atoms with E-state index in [4.69, 9.17) is 9.47 Å². The summed E-state index contributed by atoms with van der Waals surface area (Å²) in [6.07, 6.45) is 7.29. The van der Waals surface area contributed by atoms with Crippen molar-refractivity contribution in [3.63, 3.8) is 0 Å². The first-order valence-corrected chi connectivity index (χ1v) is 7.66. The summed E-state index contributed by atoms with van der Waals surface area (Å²) in [5, 5.41) is 0. The van der Waals surface area contributed by atoms with Crippen LogP contribution < -0.4 is 0 Å². The molecule has 1 fully saturated rings. The molecule has 124 valence electrons. The summed E-state index contributed by atoms with van der Waals surface area (Å²) < 4.78 is 14.6. The molecule has 0 aliphatic heterocycles. The predicted molar refractivity (Wildman–Crippen MR) is 78.9 cm³/mol. The predicted octanol–water partition coefficient (Wildman–Crippen LogP) is 2.30. The van der Waals surface area contributed by atoms with Crippen LogP contribution in [0, 0.1) is 0 Å². The van der Waals surface area contributed by atoms with Crippen molar-refractivity contribution in [1.29, 1.82) is 0 Å². The molecular formula is C16H24O6. The molecule has 0 atom stereocenters. The fraction of sp³-hybridized carbons (Fsp3) is 0.688. The van der Waals surface area contributed by atoms with Crippen molar-refractivity contribution in [1.82, 2.24) is 0 Å². The maximum atomic E-state index is 11.6. The van der Waals surface area contributed by atoms with E-state index in [2.05, 4.69) is 11.3 Å². The number of rotatable bonds is 6. The quantitative estimate of drug-likeness (QED) is 0.425. The second-order valence-corrected chi connectivity index (χ2v) is 5.47. The molecule has 6 nitrogen and oxygen atoms in total. The highest BCUT2D eigenvalue weighted by Gasteiger charge is 2.17. The maximum Gasteiger partial charge on any atom is 0.344 e. The van der Waals surface area contributed by atoms with Crippen LogP contribution in [0.4, 0.5) is 0 Å². The van der Waals surface area contributed by atoms with Crippen molar-refractivity contribution in [3.8, 4) is 0 Å². The fourth-order valence-corrected chi connectivity index (χ4v) is 2.19. The maximum absolute atomic E-state index is 11.6. The molecule has 0 unspecified atom stereocenters. The van der Waals surface area contributed by atoms with Crippen LogP contribution >= 0.6 is 0 Å². The molecule has 0 aromatic carbocycles. The molecule has 0 radical (unpaired) electrons. The monoisotopic (exact) mass is 312 g/mol. The minimum absolute atomic E-state index is 0.0901. The lowest BCUT2D eigenvalue weighted by molar-refractivity contribution is -0.166. The van der Waals surface area contributed by atoms with E-state index in [9.17, 15) is 14.4 Å². The van der Waals surface area contributed by atoms with Crippen molar-refractivity contribution < 1.29 is 28.6 Å². The van der Waals surface area contributed by atoms with Crippen molar-refractivity contribution in [2.24, 2.45) is 0 Å². The first-order chi connectivity index (χ1) is 10.5. The average molecular weight is 312 g/mol. The molecule has 0 heterocycles. The van der Waals surface area contributed by atoms with Gasteiger partial charge in [-0.25, -0.2) is 14.4 Å². The number of hydrogen-bond acceptors (Lipinski definition) is 6. The third-order valence-corrected chi connectivity index (χ3v) is 3.37. The Hall–Kier alpha value is -1.85. The molecule has 1 aliphatic rings. The van der Waals surface area contributed by atoms with Crippen molar-refractivity contribution >= 4 is 17.9 Å². The highest BCUT2D eigenvalue weighted by atomic mass is 16.6. The third kappa shape index (κ3) is 7.81. The molecule has 6 heteroatoms. The van der Waals surface area contributed by atoms with Gasteiger partial charge in [0.1, 0.15) is 6.10 Å². The van der Waals surface area contributed by atoms with Gasteiger partial charge in [-0.3, -0.25) is 0 Å². The van der Waals surface area contributed by atoms with Crippen LogP contribution in [0.3, 0.4) is 0 Å². The van der Waals surface area contributed by atoms with E-state index in [1.165, 1.54) is 13.3 Å². The number of hydrogen-bond donors (Lipinski definition) is 0. The second-order valence-electron chi connectivity index (χ2n) is 5.47. The third-order valence-electron chi connectivity index (χ3n) is 3.37. The van der Waals surface area contributed by atoms with E-state index in [-0.39, 0.29) is 11.7 Å². The summed E-state index contributed by atoms with van der Waals surface area (Å²) in [4.78, 5) is 34.1. The number of ether oxygens (including phenoxy) is 3. The Kier molecular flexibility index (Phi) is 8.25. The summed E-state index contributed by atoms with van der Waals surface area (Å²) in [7, 11) is 0. The highest BCUT2D eigenvalue weighted by Crippen LogP contribution is 2.19. The Labute approximate surface area is 130 Å². The van der Waals surface area contributed by atoms with Gasteiger partial charge in [-0.2, -0.15) is 0 Å². The van der Waals surface area contributed by atoms with Gasteiger partial charge in [-0.1, -0.05) is 25.8 Å². The molecule has 22 heavy (non-hydrogen) atoms. The molecule has 0 aromatic heterocycles. The Morgan fingerprint density at radius 1 is 0.909 bits per heavy atom. The zero-order valence-corrected chi connectivity index (χ0v) is 13.1. The smallest absolute Gasteiger partial charge is 0.344 e. The zero-order valence-electron chi connectivity index (χ0n) is 13.1. The summed E-state index contributed by atoms with van der Waals surface area (Å²) in [5.41, 5.74) is 0.191. The largest absolute Gasteiger partial charge is 0.460 e. The summed E-state index contributed by atoms with van der Waals surface area (Å²) in [6, 6.07) is 0. The first kappa shape index (κ1) is 18.2. The van der Waals surface area contributed by atoms with Gasteiger partial charge in [-0.05, 0) is 32.6 Å². The molecule has 0 bridgehead atoms. The topological polar surface area (TPSA) is 78.9 Å². The lowest BCUT2D eigenvalue weighted by atomic mass is 9.99. The minimum Gasteiger partial charge on any atom is -0.460 e. The molecule has 0 amide bonds. The van der Waals surface area contributed by atoms with E-state index >= 15 is 0 Å². The molecule has 1 rings (SSSR count). The van der Waals surface area contributed by atoms with Gasteiger partial charge < -0.3 is 14.2 Å². The summed E-state index contributed by atoms with van der Waals surface area (Å²) >= 11 is 0. The molecule has 0 N–H and O–H groups in total. The Bertz CT molecular complexity index is 407. The minimum atomic E-state index is -0.788. The van der Waals surface area contributed by atoms with Gasteiger partial charge in [0.25, 0.3) is 0 Å². The lowest BCUT2D eigenvalue weighted by Crippen LogP contribution is -2.25. The van der Waals surface area contributed by atoms with Crippen LogP contribution in [0.25, 0.3) is 0 Å². The van der Waals surface area contributed by atoms with E-state index in [1.807, 2.05) is 0 Å². The van der Waals surface area contributed by atoms with Gasteiger partial charge in [0.05, 0.1) is 0 Å². The van der Waals surface area contributed by atoms with Crippen LogP contribution in [0.15, 0.2) is 12.2 Å². The van der Waals surface area contributed by atoms with Crippen LogP contribution in [0.2, 0.25) is 0 Å². The Balaban J connectivity index is 2.19. The first-order valence-electron chi connectivity index (χ1n) is 7.66. The Morgan fingerprint density at radius 3 is 2.05 bits per heavy atom. The lowest BCUT2D eigenvalue weighted by Gasteiger charge is -2.20. The van der Waals surface area contributed by atoms with Gasteiger partial charge in [0.15, 0.2) is 13.2 Å². The molecule has 1 saturated carbocycles. The number of carbonyl (C=O) groups is 3. The van der Waals surface area contributed by atoms with Crippen LogP contribution in [-0.2, 0) is 28.6 Å². The second kappa shape index (κ2) is 9.97. The number of carbonyl (C=O) groups excluding carboxylic acids is 3. The van der Waals surface area contributed by atoms with E-state index in [0.29, 0.717) is 0 Å². The normalized spacial score (nSPS) is 16.0. The molecule has 0 spiro atoms. The van der Waals surface area contributed by atoms with Gasteiger partial charge in [-0.15, -0.1) is 0 Å². The van der Waals surface area contributed by atoms with Crippen LogP contribution in [-0.4, -0.2) is 37.2 Å². The molecule has 0 aromatic rings. The van der Waals surface area contributed by atoms with Crippen molar-refractivity contribution in [2.45, 2.75) is 58.0 Å². The molecule has 1 aliphatic carbocycles. The van der Waals surface area contributed by atoms with Crippen LogP contribution in [0.5, 0.6) is 0 Å². The zero-order chi connectivity index (χ0) is 16.4. The highest BCUT2D eigenvalue weighted by molar-refractivity contribution is 5.88. The summed E-state index contributed by atoms with van der Waals surface area (Å²) in [6.45, 7) is 3.86. The Morgan fingerprint density at radius 2 is 1.45 bits per heavy atom. The van der Waals surface area contributed by atoms with Crippen LogP contribution in [0.1, 0.15) is 51.9 Å². The van der Waals surface area contributed by atoms with E-state index < -0.39 is 31.1 Å².